The maximum atomic E-state index is 12.2. The van der Waals surface area contributed by atoms with Gasteiger partial charge in [0.2, 0.25) is 5.91 Å². The van der Waals surface area contributed by atoms with E-state index < -0.39 is 0 Å². The van der Waals surface area contributed by atoms with Crippen LogP contribution in [0.1, 0.15) is 6.42 Å². The lowest BCUT2D eigenvalue weighted by Crippen LogP contribution is -2.49. The van der Waals surface area contributed by atoms with Crippen molar-refractivity contribution in [3.8, 4) is 5.75 Å². The lowest BCUT2D eigenvalue weighted by molar-refractivity contribution is -0.133. The van der Waals surface area contributed by atoms with Crippen molar-refractivity contribution in [2.45, 2.75) is 13.0 Å². The molecule has 7 nitrogen and oxygen atoms in total. The molecule has 134 valence electrons. The van der Waals surface area contributed by atoms with E-state index in [0.29, 0.717) is 30.3 Å². The Hall–Kier alpha value is -2.12. The molecule has 25 heavy (non-hydrogen) atoms. The van der Waals surface area contributed by atoms with Crippen molar-refractivity contribution < 1.29 is 9.53 Å². The highest BCUT2D eigenvalue weighted by molar-refractivity contribution is 6.32. The molecule has 1 amide bonds. The van der Waals surface area contributed by atoms with Crippen LogP contribution in [0.15, 0.2) is 36.9 Å². The van der Waals surface area contributed by atoms with Crippen LogP contribution in [0.2, 0.25) is 5.02 Å². The number of hydrogen-bond acceptors (Lipinski definition) is 5. The summed E-state index contributed by atoms with van der Waals surface area (Å²) >= 11 is 6.07. The van der Waals surface area contributed by atoms with Crippen LogP contribution in [-0.4, -0.2) is 69.8 Å². The zero-order valence-corrected chi connectivity index (χ0v) is 14.8. The van der Waals surface area contributed by atoms with E-state index in [2.05, 4.69) is 15.0 Å². The topological polar surface area (TPSA) is 63.5 Å². The lowest BCUT2D eigenvalue weighted by Gasteiger charge is -2.34. The second-order valence-corrected chi connectivity index (χ2v) is 6.32. The number of halogens is 1. The number of hydrogen-bond donors (Lipinski definition) is 0. The molecule has 3 rings (SSSR count). The average Bonchev–Trinajstić information content (AvgIpc) is 3.15. The first-order chi connectivity index (χ1) is 12.2. The van der Waals surface area contributed by atoms with Gasteiger partial charge in [-0.05, 0) is 12.1 Å². The minimum atomic E-state index is 0.169. The van der Waals surface area contributed by atoms with Gasteiger partial charge in [0.15, 0.2) is 0 Å². The number of amides is 1. The summed E-state index contributed by atoms with van der Waals surface area (Å²) in [5.41, 5.74) is 0. The van der Waals surface area contributed by atoms with Crippen LogP contribution in [0.25, 0.3) is 0 Å². The Morgan fingerprint density at radius 3 is 2.68 bits per heavy atom. The van der Waals surface area contributed by atoms with Gasteiger partial charge in [0.25, 0.3) is 0 Å². The van der Waals surface area contributed by atoms with Crippen LogP contribution in [0.4, 0.5) is 0 Å². The highest BCUT2D eigenvalue weighted by Gasteiger charge is 2.20. The molecule has 1 aromatic carbocycles. The van der Waals surface area contributed by atoms with Gasteiger partial charge in [-0.25, -0.2) is 4.98 Å². The number of ether oxygens (including phenoxy) is 1. The van der Waals surface area contributed by atoms with Crippen LogP contribution in [0.5, 0.6) is 5.75 Å². The van der Waals surface area contributed by atoms with Crippen LogP contribution in [0, 0.1) is 0 Å². The van der Waals surface area contributed by atoms with Crippen molar-refractivity contribution in [3.05, 3.63) is 41.9 Å². The first-order valence-corrected chi connectivity index (χ1v) is 8.80. The zero-order valence-electron chi connectivity index (χ0n) is 14.1. The third kappa shape index (κ3) is 5.17. The van der Waals surface area contributed by atoms with E-state index >= 15 is 0 Å². The van der Waals surface area contributed by atoms with Gasteiger partial charge in [-0.15, -0.1) is 0 Å². The van der Waals surface area contributed by atoms with Crippen LogP contribution < -0.4 is 4.74 Å². The van der Waals surface area contributed by atoms with Gasteiger partial charge in [-0.3, -0.25) is 14.4 Å². The lowest BCUT2D eigenvalue weighted by atomic mass is 10.2. The van der Waals surface area contributed by atoms with E-state index in [0.717, 1.165) is 32.7 Å². The highest BCUT2D eigenvalue weighted by atomic mass is 35.5. The standard InChI is InChI=1S/C17H22ClN5O2/c18-15-3-1-2-4-16(15)25-12-11-21-7-9-22(10-8-21)17(24)5-6-23-14-19-13-20-23/h1-4,13-14H,5-12H2. The zero-order chi connectivity index (χ0) is 17.5. The Balaban J connectivity index is 1.34. The Labute approximate surface area is 152 Å². The smallest absolute Gasteiger partial charge is 0.224 e. The third-order valence-electron chi connectivity index (χ3n) is 4.25. The van der Waals surface area contributed by atoms with Gasteiger partial charge in [0, 0.05) is 39.1 Å². The first kappa shape index (κ1) is 17.7. The van der Waals surface area contributed by atoms with Crippen molar-refractivity contribution in [3.63, 3.8) is 0 Å². The summed E-state index contributed by atoms with van der Waals surface area (Å²) in [6.07, 6.45) is 3.57. The molecule has 0 unspecified atom stereocenters. The molecule has 1 aliphatic rings. The predicted molar refractivity (Wildman–Crippen MR) is 94.6 cm³/mol. The molecule has 2 aromatic rings. The summed E-state index contributed by atoms with van der Waals surface area (Å²) in [5.74, 6) is 0.883. The maximum Gasteiger partial charge on any atom is 0.224 e. The van der Waals surface area contributed by atoms with Crippen LogP contribution >= 0.6 is 11.6 Å². The second kappa shape index (κ2) is 8.82. The molecule has 1 fully saturated rings. The van der Waals surface area contributed by atoms with Crippen molar-refractivity contribution in [2.24, 2.45) is 0 Å². The average molecular weight is 364 g/mol. The maximum absolute atomic E-state index is 12.2. The molecule has 0 aliphatic carbocycles. The monoisotopic (exact) mass is 363 g/mol. The van der Waals surface area contributed by atoms with E-state index in [9.17, 15) is 4.79 Å². The molecule has 0 atom stereocenters. The number of para-hydroxylation sites is 1. The van der Waals surface area contributed by atoms with E-state index in [1.165, 1.54) is 6.33 Å². The number of nitrogens with zero attached hydrogens (tertiary/aromatic N) is 5. The molecule has 1 aliphatic heterocycles. The highest BCUT2D eigenvalue weighted by Crippen LogP contribution is 2.22. The van der Waals surface area contributed by atoms with Gasteiger partial charge in [0.1, 0.15) is 25.0 Å². The Bertz CT molecular complexity index is 671. The molecule has 0 spiro atoms. The molecular weight excluding hydrogens is 342 g/mol. The minimum Gasteiger partial charge on any atom is -0.491 e. The Morgan fingerprint density at radius 2 is 1.96 bits per heavy atom. The third-order valence-corrected chi connectivity index (χ3v) is 4.56. The molecular formula is C17H22ClN5O2. The van der Waals surface area contributed by atoms with Crippen LogP contribution in [-0.2, 0) is 11.3 Å². The van der Waals surface area contributed by atoms with Gasteiger partial charge in [-0.1, -0.05) is 23.7 Å². The summed E-state index contributed by atoms with van der Waals surface area (Å²) in [6, 6.07) is 7.48. The second-order valence-electron chi connectivity index (χ2n) is 5.91. The number of aryl methyl sites for hydroxylation is 1. The molecule has 0 radical (unpaired) electrons. The van der Waals surface area contributed by atoms with E-state index in [1.54, 1.807) is 11.0 Å². The van der Waals surface area contributed by atoms with Crippen molar-refractivity contribution in [1.29, 1.82) is 0 Å². The largest absolute Gasteiger partial charge is 0.491 e. The van der Waals surface area contributed by atoms with Gasteiger partial charge in [-0.2, -0.15) is 5.10 Å². The van der Waals surface area contributed by atoms with Crippen molar-refractivity contribution in [2.75, 3.05) is 39.3 Å². The van der Waals surface area contributed by atoms with E-state index in [1.807, 2.05) is 29.2 Å². The van der Waals surface area contributed by atoms with Crippen molar-refractivity contribution >= 4 is 17.5 Å². The van der Waals surface area contributed by atoms with Gasteiger partial charge >= 0.3 is 0 Å². The SMILES string of the molecule is O=C(CCn1cncn1)N1CCN(CCOc2ccccc2Cl)CC1. The summed E-state index contributed by atoms with van der Waals surface area (Å²) < 4.78 is 7.40. The fourth-order valence-electron chi connectivity index (χ4n) is 2.78. The quantitative estimate of drug-likeness (QED) is 0.746. The number of benzene rings is 1. The Morgan fingerprint density at radius 1 is 1.16 bits per heavy atom. The Kier molecular flexibility index (Phi) is 6.25. The molecule has 0 saturated carbocycles. The predicted octanol–water partition coefficient (Wildman–Crippen LogP) is 1.54. The van der Waals surface area contributed by atoms with Gasteiger partial charge in [0.05, 0.1) is 11.6 Å². The summed E-state index contributed by atoms with van der Waals surface area (Å²) in [7, 11) is 0. The fraction of sp³-hybridized carbons (Fsp3) is 0.471. The van der Waals surface area contributed by atoms with Gasteiger partial charge < -0.3 is 9.64 Å². The molecule has 1 aromatic heterocycles. The molecule has 2 heterocycles. The molecule has 8 heteroatoms. The molecule has 0 bridgehead atoms. The summed E-state index contributed by atoms with van der Waals surface area (Å²) in [4.78, 5) is 20.3. The van der Waals surface area contributed by atoms with E-state index in [4.69, 9.17) is 16.3 Å². The fourth-order valence-corrected chi connectivity index (χ4v) is 2.97. The van der Waals surface area contributed by atoms with Crippen molar-refractivity contribution in [1.82, 2.24) is 24.6 Å². The molecule has 0 N–H and O–H groups in total. The number of carbonyl (C=O) groups excluding carboxylic acids is 1. The first-order valence-electron chi connectivity index (χ1n) is 8.42. The molecule has 1 saturated heterocycles. The van der Waals surface area contributed by atoms with Crippen LogP contribution in [0.3, 0.4) is 0 Å². The number of piperazine rings is 1. The number of rotatable bonds is 7. The number of carbonyl (C=O) groups is 1. The number of aromatic nitrogens is 3. The van der Waals surface area contributed by atoms with E-state index in [-0.39, 0.29) is 5.91 Å². The summed E-state index contributed by atoms with van der Waals surface area (Å²) in [5, 5.41) is 4.64. The normalized spacial score (nSPS) is 15.3. The minimum absolute atomic E-state index is 0.169. The summed E-state index contributed by atoms with van der Waals surface area (Å²) in [6.45, 7) is 5.22.